The highest BCUT2D eigenvalue weighted by atomic mass is 16.5. The second-order valence-corrected chi connectivity index (χ2v) is 4.17. The summed E-state index contributed by atoms with van der Waals surface area (Å²) in [6.45, 7) is 5.95. The van der Waals surface area contributed by atoms with Gasteiger partial charge in [0, 0.05) is 24.4 Å². The van der Waals surface area contributed by atoms with E-state index in [2.05, 4.69) is 23.5 Å². The molecule has 0 unspecified atom stereocenters. The maximum Gasteiger partial charge on any atom is 0.121 e. The van der Waals surface area contributed by atoms with E-state index >= 15 is 0 Å². The van der Waals surface area contributed by atoms with Crippen LogP contribution in [-0.4, -0.2) is 23.4 Å². The normalized spacial score (nSPS) is 10.6. The second-order valence-electron chi connectivity index (χ2n) is 4.17. The molecule has 0 aliphatic carbocycles. The Kier molecular flexibility index (Phi) is 3.99. The van der Waals surface area contributed by atoms with Crippen molar-refractivity contribution in [3.05, 3.63) is 41.7 Å². The summed E-state index contributed by atoms with van der Waals surface area (Å²) in [6.07, 6.45) is 2.06. The second kappa shape index (κ2) is 5.69. The molecule has 18 heavy (non-hydrogen) atoms. The molecule has 0 fully saturated rings. The first-order chi connectivity index (χ1) is 8.74. The average molecular weight is 245 g/mol. The number of nitrogens with one attached hydrogen (secondary N) is 1. The van der Waals surface area contributed by atoms with Gasteiger partial charge in [0.1, 0.15) is 5.75 Å². The highest BCUT2D eigenvalue weighted by Crippen LogP contribution is 2.17. The van der Waals surface area contributed by atoms with Crippen molar-refractivity contribution in [2.24, 2.45) is 0 Å². The molecule has 1 heterocycles. The summed E-state index contributed by atoms with van der Waals surface area (Å²) in [5, 5.41) is 7.85. The summed E-state index contributed by atoms with van der Waals surface area (Å²) < 4.78 is 7.12. The number of methoxy groups -OCH3 is 1. The molecule has 0 amide bonds. The van der Waals surface area contributed by atoms with Crippen molar-refractivity contribution in [2.75, 3.05) is 13.7 Å². The number of ether oxygens (including phenoxy) is 1. The van der Waals surface area contributed by atoms with Gasteiger partial charge in [-0.3, -0.25) is 0 Å². The number of nitrogens with zero attached hydrogens (tertiary/aromatic N) is 2. The first-order valence-electron chi connectivity index (χ1n) is 6.15. The van der Waals surface area contributed by atoms with Gasteiger partial charge in [0.15, 0.2) is 0 Å². The lowest BCUT2D eigenvalue weighted by atomic mass is 10.2. The first-order valence-corrected chi connectivity index (χ1v) is 6.15. The summed E-state index contributed by atoms with van der Waals surface area (Å²) in [4.78, 5) is 0. The van der Waals surface area contributed by atoms with Gasteiger partial charge in [-0.1, -0.05) is 13.0 Å². The fraction of sp³-hybridized carbons (Fsp3) is 0.357. The third kappa shape index (κ3) is 2.71. The average Bonchev–Trinajstić information content (AvgIpc) is 2.78. The molecule has 2 rings (SSSR count). The quantitative estimate of drug-likeness (QED) is 0.878. The van der Waals surface area contributed by atoms with Crippen LogP contribution >= 0.6 is 0 Å². The number of rotatable bonds is 5. The van der Waals surface area contributed by atoms with Crippen molar-refractivity contribution >= 4 is 0 Å². The van der Waals surface area contributed by atoms with E-state index < -0.39 is 0 Å². The van der Waals surface area contributed by atoms with Crippen molar-refractivity contribution in [1.29, 1.82) is 0 Å². The predicted octanol–water partition coefficient (Wildman–Crippen LogP) is 2.30. The van der Waals surface area contributed by atoms with Crippen molar-refractivity contribution in [2.45, 2.75) is 20.4 Å². The summed E-state index contributed by atoms with van der Waals surface area (Å²) in [7, 11) is 1.67. The lowest BCUT2D eigenvalue weighted by Gasteiger charge is -2.04. The topological polar surface area (TPSA) is 39.1 Å². The smallest absolute Gasteiger partial charge is 0.121 e. The molecular formula is C14H19N3O. The molecule has 1 aromatic carbocycles. The van der Waals surface area contributed by atoms with Gasteiger partial charge in [-0.25, -0.2) is 4.68 Å². The van der Waals surface area contributed by atoms with Crippen LogP contribution in [0.1, 0.15) is 18.2 Å². The van der Waals surface area contributed by atoms with Crippen molar-refractivity contribution in [1.82, 2.24) is 15.1 Å². The van der Waals surface area contributed by atoms with Gasteiger partial charge in [-0.05, 0) is 25.6 Å². The molecule has 0 atom stereocenters. The lowest BCUT2D eigenvalue weighted by molar-refractivity contribution is 0.414. The summed E-state index contributed by atoms with van der Waals surface area (Å²) in [5.74, 6) is 0.842. The Morgan fingerprint density at radius 2 is 2.22 bits per heavy atom. The predicted molar refractivity (Wildman–Crippen MR) is 72.2 cm³/mol. The number of benzene rings is 1. The molecular weight excluding hydrogens is 226 g/mol. The Balaban J connectivity index is 2.27. The van der Waals surface area contributed by atoms with Gasteiger partial charge in [0.2, 0.25) is 0 Å². The summed E-state index contributed by atoms with van der Waals surface area (Å²) >= 11 is 0. The van der Waals surface area contributed by atoms with Crippen LogP contribution in [0.4, 0.5) is 0 Å². The minimum atomic E-state index is 0.842. The van der Waals surface area contributed by atoms with Crippen molar-refractivity contribution in [3.8, 4) is 11.4 Å². The van der Waals surface area contributed by atoms with Crippen molar-refractivity contribution < 1.29 is 4.74 Å². The zero-order valence-electron chi connectivity index (χ0n) is 11.1. The van der Waals surface area contributed by atoms with Gasteiger partial charge in [-0.2, -0.15) is 5.10 Å². The molecule has 0 aliphatic rings. The maximum absolute atomic E-state index is 5.22. The Morgan fingerprint density at radius 1 is 1.39 bits per heavy atom. The van der Waals surface area contributed by atoms with Crippen LogP contribution in [0.25, 0.3) is 5.69 Å². The zero-order chi connectivity index (χ0) is 13.0. The number of hydrogen-bond acceptors (Lipinski definition) is 3. The highest BCUT2D eigenvalue weighted by molar-refractivity contribution is 5.39. The highest BCUT2D eigenvalue weighted by Gasteiger charge is 2.06. The Bertz CT molecular complexity index is 520. The van der Waals surface area contributed by atoms with Crippen LogP contribution in [-0.2, 0) is 6.54 Å². The first kappa shape index (κ1) is 12.6. The van der Waals surface area contributed by atoms with Crippen LogP contribution in [0, 0.1) is 6.92 Å². The number of aryl methyl sites for hydroxylation is 1. The van der Waals surface area contributed by atoms with E-state index in [1.54, 1.807) is 7.11 Å². The van der Waals surface area contributed by atoms with Crippen LogP contribution in [0.2, 0.25) is 0 Å². The summed E-state index contributed by atoms with van der Waals surface area (Å²) in [6, 6.07) is 7.89. The zero-order valence-corrected chi connectivity index (χ0v) is 11.1. The SMILES string of the molecule is CCNCc1cn(-c2cccc(OC)c2)nc1C. The van der Waals surface area contributed by atoms with Crippen LogP contribution < -0.4 is 10.1 Å². The molecule has 0 bridgehead atoms. The van der Waals surface area contributed by atoms with Crippen molar-refractivity contribution in [3.63, 3.8) is 0 Å². The molecule has 2 aromatic rings. The van der Waals surface area contributed by atoms with E-state index in [-0.39, 0.29) is 0 Å². The molecule has 0 aliphatic heterocycles. The monoisotopic (exact) mass is 245 g/mol. The van der Waals surface area contributed by atoms with Crippen LogP contribution in [0.15, 0.2) is 30.5 Å². The molecule has 0 spiro atoms. The maximum atomic E-state index is 5.22. The van der Waals surface area contributed by atoms with Crippen LogP contribution in [0.5, 0.6) is 5.75 Å². The molecule has 4 nitrogen and oxygen atoms in total. The van der Waals surface area contributed by atoms with Gasteiger partial charge in [0.25, 0.3) is 0 Å². The molecule has 0 saturated carbocycles. The lowest BCUT2D eigenvalue weighted by Crippen LogP contribution is -2.11. The van der Waals surface area contributed by atoms with Gasteiger partial charge < -0.3 is 10.1 Å². The third-order valence-corrected chi connectivity index (χ3v) is 2.88. The minimum Gasteiger partial charge on any atom is -0.497 e. The standard InChI is InChI=1S/C14H19N3O/c1-4-15-9-12-10-17(16-11(12)2)13-6-5-7-14(8-13)18-3/h5-8,10,15H,4,9H2,1-3H3. The van der Waals surface area contributed by atoms with E-state index in [9.17, 15) is 0 Å². The van der Waals surface area contributed by atoms with Gasteiger partial charge in [-0.15, -0.1) is 0 Å². The Hall–Kier alpha value is -1.81. The summed E-state index contributed by atoms with van der Waals surface area (Å²) in [5.41, 5.74) is 3.29. The van der Waals surface area contributed by atoms with E-state index in [4.69, 9.17) is 4.74 Å². The van der Waals surface area contributed by atoms with E-state index in [1.807, 2.05) is 35.9 Å². The Morgan fingerprint density at radius 3 is 2.94 bits per heavy atom. The molecule has 4 heteroatoms. The van der Waals surface area contributed by atoms with Crippen LogP contribution in [0.3, 0.4) is 0 Å². The van der Waals surface area contributed by atoms with Gasteiger partial charge in [0.05, 0.1) is 18.5 Å². The fourth-order valence-electron chi connectivity index (χ4n) is 1.81. The van der Waals surface area contributed by atoms with Gasteiger partial charge >= 0.3 is 0 Å². The number of hydrogen-bond donors (Lipinski definition) is 1. The fourth-order valence-corrected chi connectivity index (χ4v) is 1.81. The molecule has 0 saturated heterocycles. The molecule has 96 valence electrons. The molecule has 0 radical (unpaired) electrons. The number of aromatic nitrogens is 2. The minimum absolute atomic E-state index is 0.842. The van der Waals surface area contributed by atoms with E-state index in [1.165, 1.54) is 5.56 Å². The van der Waals surface area contributed by atoms with E-state index in [0.717, 1.165) is 30.2 Å². The largest absolute Gasteiger partial charge is 0.497 e. The molecule has 1 aromatic heterocycles. The Labute approximate surface area is 108 Å². The third-order valence-electron chi connectivity index (χ3n) is 2.88. The molecule has 1 N–H and O–H groups in total. The van der Waals surface area contributed by atoms with E-state index in [0.29, 0.717) is 0 Å².